The van der Waals surface area contributed by atoms with E-state index < -0.39 is 18.1 Å². The molecular weight excluding hydrogens is 199 g/mol. The Balaban J connectivity index is 0.000000145. The van der Waals surface area contributed by atoms with E-state index in [-0.39, 0.29) is 0 Å². The second kappa shape index (κ2) is 6.96. The van der Waals surface area contributed by atoms with Crippen LogP contribution in [0.15, 0.2) is 18.2 Å². The average molecular weight is 204 g/mol. The zero-order valence-corrected chi connectivity index (χ0v) is 5.79. The summed E-state index contributed by atoms with van der Waals surface area (Å²) in [5.41, 5.74) is 0. The topological polar surface area (TPSA) is 0 Å². The normalized spacial score (nSPS) is 13.8. The number of allylic oxidation sites excluding steroid dienone is 4. The van der Waals surface area contributed by atoms with Crippen molar-refractivity contribution in [1.82, 2.24) is 0 Å². The van der Waals surface area contributed by atoms with Crippen LogP contribution in [0.2, 0.25) is 0 Å². The van der Waals surface area contributed by atoms with Crippen molar-refractivity contribution < 1.29 is 24.8 Å². The van der Waals surface area contributed by atoms with Crippen LogP contribution in [0.1, 0.15) is 6.42 Å². The number of hydrogen-bond acceptors (Lipinski definition) is 0. The van der Waals surface area contributed by atoms with Gasteiger partial charge in [0.15, 0.2) is 0 Å². The van der Waals surface area contributed by atoms with Crippen molar-refractivity contribution in [3.8, 4) is 0 Å². The summed E-state index contributed by atoms with van der Waals surface area (Å²) in [6.45, 7) is 0. The molecule has 1 aliphatic carbocycles. The Morgan fingerprint density at radius 1 is 1.50 bits per heavy atom. The van der Waals surface area contributed by atoms with Crippen molar-refractivity contribution >= 4 is 0 Å². The Hall–Kier alpha value is -0.0366. The first-order chi connectivity index (χ1) is 3.91. The van der Waals surface area contributed by atoms with Crippen LogP contribution in [0.4, 0.5) is 6.63 Å². The molecule has 1 rings (SSSR count). The molecule has 0 aromatic rings. The van der Waals surface area contributed by atoms with Crippen LogP contribution in [0.3, 0.4) is 0 Å². The zero-order chi connectivity index (χ0) is 6.24. The van der Waals surface area contributed by atoms with Crippen LogP contribution in [0.5, 0.6) is 0 Å². The van der Waals surface area contributed by atoms with E-state index in [4.69, 9.17) is 0 Å². The minimum absolute atomic E-state index is 1.01. The fraction of sp³-hybridized carbons (Fsp3) is 0.200. The first-order valence-corrected chi connectivity index (χ1v) is 3.30. The molecule has 0 aliphatic heterocycles. The van der Waals surface area contributed by atoms with Gasteiger partial charge in [-0.3, -0.25) is 6.08 Å². The fourth-order valence-corrected chi connectivity index (χ4v) is 0.340. The quantitative estimate of drug-likeness (QED) is 0.419. The second-order valence-electron chi connectivity index (χ2n) is 1.05. The third-order valence-electron chi connectivity index (χ3n) is 0.586. The summed E-state index contributed by atoms with van der Waals surface area (Å²) in [5, 5.41) is 0. The SMILES string of the molecule is [C-]1=CC=CC1.[F][Ru][F]. The second-order valence-corrected chi connectivity index (χ2v) is 1.30. The maximum atomic E-state index is 9.72. The molecular formula is C5H5F2Ru-. The van der Waals surface area contributed by atoms with Crippen molar-refractivity contribution in [3.63, 3.8) is 0 Å². The summed E-state index contributed by atoms with van der Waals surface area (Å²) < 4.78 is 19.4. The van der Waals surface area contributed by atoms with Gasteiger partial charge in [0, 0.05) is 0 Å². The minimum atomic E-state index is -2.29. The third kappa shape index (κ3) is 5.96. The van der Waals surface area contributed by atoms with E-state index in [0.717, 1.165) is 6.42 Å². The summed E-state index contributed by atoms with van der Waals surface area (Å²) in [6, 6.07) is 0. The van der Waals surface area contributed by atoms with Gasteiger partial charge in [0.2, 0.25) is 0 Å². The van der Waals surface area contributed by atoms with E-state index in [2.05, 4.69) is 12.2 Å². The van der Waals surface area contributed by atoms with Crippen molar-refractivity contribution in [2.24, 2.45) is 0 Å². The molecule has 0 heterocycles. The predicted molar refractivity (Wildman–Crippen MR) is 23.8 cm³/mol. The van der Waals surface area contributed by atoms with Crippen LogP contribution in [-0.4, -0.2) is 0 Å². The van der Waals surface area contributed by atoms with E-state index in [1.807, 2.05) is 12.2 Å². The van der Waals surface area contributed by atoms with Crippen molar-refractivity contribution in [2.75, 3.05) is 0 Å². The molecule has 0 nitrogen and oxygen atoms in total. The Labute approximate surface area is 56.0 Å². The first kappa shape index (κ1) is 7.96. The van der Waals surface area contributed by atoms with Gasteiger partial charge in [-0.15, -0.1) is 6.42 Å². The van der Waals surface area contributed by atoms with Crippen LogP contribution < -0.4 is 0 Å². The number of rotatable bonds is 0. The summed E-state index contributed by atoms with van der Waals surface area (Å²) in [7, 11) is 0. The monoisotopic (exact) mass is 205 g/mol. The molecule has 0 unspecified atom stereocenters. The first-order valence-electron chi connectivity index (χ1n) is 1.98. The van der Waals surface area contributed by atoms with Crippen molar-refractivity contribution in [2.45, 2.75) is 6.42 Å². The van der Waals surface area contributed by atoms with Gasteiger partial charge in [-0.2, -0.15) is 6.08 Å². The molecule has 48 valence electrons. The Bertz CT molecular complexity index is 78.4. The molecule has 0 amide bonds. The van der Waals surface area contributed by atoms with E-state index in [1.165, 1.54) is 0 Å². The van der Waals surface area contributed by atoms with Crippen LogP contribution in [0.25, 0.3) is 0 Å². The van der Waals surface area contributed by atoms with Crippen molar-refractivity contribution in [1.29, 1.82) is 0 Å². The van der Waals surface area contributed by atoms with Gasteiger partial charge in [-0.25, -0.2) is 12.2 Å². The molecule has 0 atom stereocenters. The van der Waals surface area contributed by atoms with Gasteiger partial charge in [0.25, 0.3) is 0 Å². The van der Waals surface area contributed by atoms with E-state index in [1.54, 1.807) is 0 Å². The molecule has 8 heavy (non-hydrogen) atoms. The molecule has 0 fully saturated rings. The fourth-order valence-electron chi connectivity index (χ4n) is 0.340. The molecule has 1 aliphatic rings. The van der Waals surface area contributed by atoms with Gasteiger partial charge < -0.3 is 0 Å². The molecule has 0 aromatic carbocycles. The Kier molecular flexibility index (Phi) is 6.93. The standard InChI is InChI=1S/C5H5.2FH.Ru/c1-2-4-5-3-1;;;/h1-3H,4H2;2*1H;/q-1;;;+2/p-2. The molecule has 0 N–H and O–H groups in total. The molecule has 0 radical (unpaired) electrons. The van der Waals surface area contributed by atoms with Crippen LogP contribution in [0, 0.1) is 6.08 Å². The van der Waals surface area contributed by atoms with Gasteiger partial charge in [-0.05, 0) is 0 Å². The predicted octanol–water partition coefficient (Wildman–Crippen LogP) is 2.14. The maximum absolute atomic E-state index is 9.72. The summed E-state index contributed by atoms with van der Waals surface area (Å²) >= 11 is -2.29. The third-order valence-corrected chi connectivity index (χ3v) is 0.586. The Morgan fingerprint density at radius 3 is 2.25 bits per heavy atom. The van der Waals surface area contributed by atoms with Gasteiger partial charge in [-0.1, -0.05) is 0 Å². The molecule has 0 spiro atoms. The average Bonchev–Trinajstić information content (AvgIpc) is 2.17. The molecule has 0 saturated carbocycles. The molecule has 0 bridgehead atoms. The van der Waals surface area contributed by atoms with E-state index in [0.29, 0.717) is 0 Å². The summed E-state index contributed by atoms with van der Waals surface area (Å²) in [6.07, 6.45) is 10.0. The van der Waals surface area contributed by atoms with E-state index in [9.17, 15) is 6.63 Å². The zero-order valence-electron chi connectivity index (χ0n) is 4.05. The number of hydrogen-bond donors (Lipinski definition) is 0. The van der Waals surface area contributed by atoms with Crippen LogP contribution >= 0.6 is 0 Å². The van der Waals surface area contributed by atoms with Gasteiger partial charge in [0.1, 0.15) is 0 Å². The van der Waals surface area contributed by atoms with E-state index >= 15 is 0 Å². The summed E-state index contributed by atoms with van der Waals surface area (Å²) in [5.74, 6) is 0. The van der Waals surface area contributed by atoms with Gasteiger partial charge in [0.05, 0.1) is 0 Å². The molecule has 3 heteroatoms. The van der Waals surface area contributed by atoms with Crippen LogP contribution in [-0.2, 0) is 18.1 Å². The Morgan fingerprint density at radius 2 is 2.12 bits per heavy atom. The number of halogens is 2. The molecule has 0 saturated heterocycles. The van der Waals surface area contributed by atoms with Crippen molar-refractivity contribution in [3.05, 3.63) is 24.3 Å². The van der Waals surface area contributed by atoms with Gasteiger partial charge >= 0.3 is 24.8 Å². The molecule has 0 aromatic heterocycles. The summed E-state index contributed by atoms with van der Waals surface area (Å²) in [4.78, 5) is 0.